The Morgan fingerprint density at radius 2 is 1.86 bits per heavy atom. The second kappa shape index (κ2) is 7.34. The van der Waals surface area contributed by atoms with Crippen LogP contribution in [0.1, 0.15) is 32.3 Å². The molecule has 0 bridgehead atoms. The molecular weight excluding hydrogens is 260 g/mol. The molecule has 3 nitrogen and oxygen atoms in total. The first-order chi connectivity index (χ1) is 10.2. The number of pyridine rings is 1. The molecule has 2 N–H and O–H groups in total. The molecule has 0 aliphatic rings. The highest BCUT2D eigenvalue weighted by atomic mass is 16.3. The summed E-state index contributed by atoms with van der Waals surface area (Å²) < 4.78 is 0. The fourth-order valence-corrected chi connectivity index (χ4v) is 2.46. The van der Waals surface area contributed by atoms with Crippen LogP contribution in [0.2, 0.25) is 0 Å². The van der Waals surface area contributed by atoms with Crippen molar-refractivity contribution in [3.05, 3.63) is 54.4 Å². The predicted molar refractivity (Wildman–Crippen MR) is 86.9 cm³/mol. The number of benzene rings is 1. The molecular formula is C18H24N2O. The van der Waals surface area contributed by atoms with E-state index in [1.54, 1.807) is 6.20 Å². The summed E-state index contributed by atoms with van der Waals surface area (Å²) in [5, 5.41) is 13.1. The zero-order chi connectivity index (χ0) is 15.1. The van der Waals surface area contributed by atoms with Crippen LogP contribution in [0.5, 0.6) is 0 Å². The Labute approximate surface area is 127 Å². The van der Waals surface area contributed by atoms with Crippen LogP contribution in [0.25, 0.3) is 11.1 Å². The van der Waals surface area contributed by atoms with Gasteiger partial charge in [-0.2, -0.15) is 0 Å². The Morgan fingerprint density at radius 3 is 2.48 bits per heavy atom. The number of aliphatic hydroxyl groups excluding tert-OH is 1. The van der Waals surface area contributed by atoms with Gasteiger partial charge in [-0.05, 0) is 41.7 Å². The van der Waals surface area contributed by atoms with E-state index in [-0.39, 0.29) is 12.1 Å². The summed E-state index contributed by atoms with van der Waals surface area (Å²) >= 11 is 0. The zero-order valence-corrected chi connectivity index (χ0v) is 12.8. The van der Waals surface area contributed by atoms with E-state index in [9.17, 15) is 5.11 Å². The number of aliphatic hydroxyl groups is 1. The molecule has 2 aromatic rings. The molecule has 0 atom stereocenters. The minimum atomic E-state index is -0.176. The van der Waals surface area contributed by atoms with E-state index in [4.69, 9.17) is 0 Å². The van der Waals surface area contributed by atoms with Gasteiger partial charge in [0.2, 0.25) is 0 Å². The van der Waals surface area contributed by atoms with E-state index in [0.717, 1.165) is 24.9 Å². The molecule has 0 saturated heterocycles. The van der Waals surface area contributed by atoms with E-state index in [2.05, 4.69) is 54.5 Å². The zero-order valence-electron chi connectivity index (χ0n) is 12.8. The summed E-state index contributed by atoms with van der Waals surface area (Å²) in [6.07, 6.45) is 5.50. The average molecular weight is 284 g/mol. The highest BCUT2D eigenvalue weighted by molar-refractivity contribution is 5.62. The van der Waals surface area contributed by atoms with Crippen LogP contribution in [0.15, 0.2) is 48.8 Å². The largest absolute Gasteiger partial charge is 0.394 e. The molecule has 2 rings (SSSR count). The van der Waals surface area contributed by atoms with Crippen molar-refractivity contribution in [3.63, 3.8) is 0 Å². The normalized spacial score (nSPS) is 11.6. The average Bonchev–Trinajstić information content (AvgIpc) is 2.58. The standard InChI is InChI=1S/C18H24N2O/c1-3-18(4-2,14-21)20-12-15-7-5-8-16(11-15)17-9-6-10-19-13-17/h5-11,13,20-21H,3-4,12,14H2,1-2H3. The molecule has 0 aliphatic heterocycles. The second-order valence-corrected chi connectivity index (χ2v) is 5.44. The van der Waals surface area contributed by atoms with Crippen molar-refractivity contribution in [2.24, 2.45) is 0 Å². The summed E-state index contributed by atoms with van der Waals surface area (Å²) in [5.74, 6) is 0. The number of hydrogen-bond acceptors (Lipinski definition) is 3. The first-order valence-corrected chi connectivity index (χ1v) is 7.58. The second-order valence-electron chi connectivity index (χ2n) is 5.44. The van der Waals surface area contributed by atoms with Gasteiger partial charge in [0.15, 0.2) is 0 Å². The van der Waals surface area contributed by atoms with Gasteiger partial charge in [0.05, 0.1) is 6.61 Å². The van der Waals surface area contributed by atoms with Crippen LogP contribution in [-0.4, -0.2) is 22.2 Å². The highest BCUT2D eigenvalue weighted by Gasteiger charge is 2.23. The molecule has 112 valence electrons. The molecule has 0 unspecified atom stereocenters. The monoisotopic (exact) mass is 284 g/mol. The van der Waals surface area contributed by atoms with Crippen LogP contribution in [0.3, 0.4) is 0 Å². The molecule has 0 saturated carbocycles. The van der Waals surface area contributed by atoms with E-state index in [0.29, 0.717) is 0 Å². The van der Waals surface area contributed by atoms with Gasteiger partial charge >= 0.3 is 0 Å². The van der Waals surface area contributed by atoms with E-state index >= 15 is 0 Å². The maximum atomic E-state index is 9.62. The third-order valence-corrected chi connectivity index (χ3v) is 4.25. The molecule has 21 heavy (non-hydrogen) atoms. The maximum absolute atomic E-state index is 9.62. The van der Waals surface area contributed by atoms with Gasteiger partial charge in [-0.25, -0.2) is 0 Å². The fourth-order valence-electron chi connectivity index (χ4n) is 2.46. The van der Waals surface area contributed by atoms with Crippen LogP contribution < -0.4 is 5.32 Å². The summed E-state index contributed by atoms with van der Waals surface area (Å²) in [5.41, 5.74) is 3.34. The Balaban J connectivity index is 2.12. The molecule has 3 heteroatoms. The van der Waals surface area contributed by atoms with E-state index in [1.807, 2.05) is 12.3 Å². The van der Waals surface area contributed by atoms with Crippen molar-refractivity contribution in [1.29, 1.82) is 0 Å². The molecule has 0 radical (unpaired) electrons. The summed E-state index contributed by atoms with van der Waals surface area (Å²) in [4.78, 5) is 4.17. The first kappa shape index (κ1) is 15.7. The SMILES string of the molecule is CCC(CC)(CO)NCc1cccc(-c2cccnc2)c1. The van der Waals surface area contributed by atoms with Gasteiger partial charge < -0.3 is 10.4 Å². The third-order valence-electron chi connectivity index (χ3n) is 4.25. The van der Waals surface area contributed by atoms with Crippen LogP contribution in [-0.2, 0) is 6.54 Å². The quantitative estimate of drug-likeness (QED) is 0.819. The van der Waals surface area contributed by atoms with Gasteiger partial charge in [0.25, 0.3) is 0 Å². The Bertz CT molecular complexity index is 542. The lowest BCUT2D eigenvalue weighted by molar-refractivity contribution is 0.149. The maximum Gasteiger partial charge on any atom is 0.0613 e. The van der Waals surface area contributed by atoms with Crippen molar-refractivity contribution in [2.75, 3.05) is 6.61 Å². The van der Waals surface area contributed by atoms with Crippen molar-refractivity contribution >= 4 is 0 Å². The van der Waals surface area contributed by atoms with Gasteiger partial charge in [-0.15, -0.1) is 0 Å². The van der Waals surface area contributed by atoms with Crippen molar-refractivity contribution in [3.8, 4) is 11.1 Å². The van der Waals surface area contributed by atoms with Gasteiger partial charge in [0.1, 0.15) is 0 Å². The number of rotatable bonds is 7. The van der Waals surface area contributed by atoms with E-state index in [1.165, 1.54) is 11.1 Å². The highest BCUT2D eigenvalue weighted by Crippen LogP contribution is 2.20. The van der Waals surface area contributed by atoms with Crippen LogP contribution in [0.4, 0.5) is 0 Å². The number of nitrogens with zero attached hydrogens (tertiary/aromatic N) is 1. The fraction of sp³-hybridized carbons (Fsp3) is 0.389. The van der Waals surface area contributed by atoms with Crippen molar-refractivity contribution < 1.29 is 5.11 Å². The van der Waals surface area contributed by atoms with Crippen LogP contribution >= 0.6 is 0 Å². The number of aromatic nitrogens is 1. The lowest BCUT2D eigenvalue weighted by Gasteiger charge is -2.31. The lowest BCUT2D eigenvalue weighted by Crippen LogP contribution is -2.47. The lowest BCUT2D eigenvalue weighted by atomic mass is 9.93. The van der Waals surface area contributed by atoms with E-state index < -0.39 is 0 Å². The van der Waals surface area contributed by atoms with Gasteiger partial charge in [0, 0.05) is 24.5 Å². The summed E-state index contributed by atoms with van der Waals surface area (Å²) in [6.45, 7) is 5.15. The van der Waals surface area contributed by atoms with Crippen molar-refractivity contribution in [1.82, 2.24) is 10.3 Å². The Kier molecular flexibility index (Phi) is 5.48. The van der Waals surface area contributed by atoms with Crippen LogP contribution in [0, 0.1) is 0 Å². The molecule has 1 aromatic carbocycles. The molecule has 0 fully saturated rings. The number of hydrogen-bond donors (Lipinski definition) is 2. The Morgan fingerprint density at radius 1 is 1.10 bits per heavy atom. The molecule has 1 aromatic heterocycles. The Hall–Kier alpha value is -1.71. The van der Waals surface area contributed by atoms with Crippen molar-refractivity contribution in [2.45, 2.75) is 38.8 Å². The number of nitrogens with one attached hydrogen (secondary N) is 1. The minimum Gasteiger partial charge on any atom is -0.394 e. The molecule has 0 aliphatic carbocycles. The van der Waals surface area contributed by atoms with Gasteiger partial charge in [-0.3, -0.25) is 4.98 Å². The minimum absolute atomic E-state index is 0.169. The molecule has 1 heterocycles. The molecule has 0 spiro atoms. The molecule has 0 amide bonds. The topological polar surface area (TPSA) is 45.1 Å². The van der Waals surface area contributed by atoms with Gasteiger partial charge in [-0.1, -0.05) is 38.1 Å². The third kappa shape index (κ3) is 3.90. The summed E-state index contributed by atoms with van der Waals surface area (Å²) in [6, 6.07) is 12.5. The predicted octanol–water partition coefficient (Wildman–Crippen LogP) is 3.39. The first-order valence-electron chi connectivity index (χ1n) is 7.58. The summed E-state index contributed by atoms with van der Waals surface area (Å²) in [7, 11) is 0. The smallest absolute Gasteiger partial charge is 0.0613 e.